The van der Waals surface area contributed by atoms with Gasteiger partial charge in [0.05, 0.1) is 6.54 Å². The molecule has 2 aromatic heterocycles. The average molecular weight is 329 g/mol. The zero-order chi connectivity index (χ0) is 16.8. The van der Waals surface area contributed by atoms with Gasteiger partial charge in [-0.05, 0) is 44.1 Å². The van der Waals surface area contributed by atoms with E-state index in [0.29, 0.717) is 18.8 Å². The molecule has 1 saturated heterocycles. The van der Waals surface area contributed by atoms with E-state index in [1.165, 1.54) is 29.9 Å². The summed E-state index contributed by atoms with van der Waals surface area (Å²) in [5, 5.41) is 2.89. The van der Waals surface area contributed by atoms with Crippen LogP contribution >= 0.6 is 0 Å². The van der Waals surface area contributed by atoms with Crippen molar-refractivity contribution in [2.24, 2.45) is 0 Å². The number of nitrogens with zero attached hydrogens (tertiary/aromatic N) is 2. The minimum atomic E-state index is -0.210. The van der Waals surface area contributed by atoms with Gasteiger partial charge in [0.25, 0.3) is 11.5 Å². The second-order valence-electron chi connectivity index (χ2n) is 6.09. The Morgan fingerprint density at radius 2 is 1.96 bits per heavy atom. The molecule has 3 rings (SSSR count). The van der Waals surface area contributed by atoms with Gasteiger partial charge in [0.15, 0.2) is 5.76 Å². The SMILES string of the molecule is O=C(NCCN1CCCCC1)c1ccc(Cn2ccccc2=O)o1. The van der Waals surface area contributed by atoms with Crippen molar-refractivity contribution < 1.29 is 9.21 Å². The molecule has 0 spiro atoms. The third kappa shape index (κ3) is 4.35. The number of piperidine rings is 1. The molecular weight excluding hydrogens is 306 g/mol. The highest BCUT2D eigenvalue weighted by molar-refractivity contribution is 5.91. The van der Waals surface area contributed by atoms with E-state index in [9.17, 15) is 9.59 Å². The molecule has 6 heteroatoms. The number of pyridine rings is 1. The van der Waals surface area contributed by atoms with Crippen LogP contribution < -0.4 is 10.9 Å². The lowest BCUT2D eigenvalue weighted by molar-refractivity contribution is 0.0917. The van der Waals surface area contributed by atoms with Crippen LogP contribution in [0.3, 0.4) is 0 Å². The van der Waals surface area contributed by atoms with Crippen molar-refractivity contribution in [1.82, 2.24) is 14.8 Å². The zero-order valence-corrected chi connectivity index (χ0v) is 13.7. The van der Waals surface area contributed by atoms with Crippen molar-refractivity contribution in [3.63, 3.8) is 0 Å². The predicted octanol–water partition coefficient (Wildman–Crippen LogP) is 1.71. The third-order valence-corrected chi connectivity index (χ3v) is 4.27. The molecule has 0 atom stereocenters. The van der Waals surface area contributed by atoms with Crippen LogP contribution in [0.25, 0.3) is 0 Å². The molecule has 0 bridgehead atoms. The Hall–Kier alpha value is -2.34. The molecule has 0 aliphatic carbocycles. The van der Waals surface area contributed by atoms with E-state index in [2.05, 4.69) is 10.2 Å². The highest BCUT2D eigenvalue weighted by atomic mass is 16.4. The van der Waals surface area contributed by atoms with E-state index in [4.69, 9.17) is 4.42 Å². The van der Waals surface area contributed by atoms with Crippen molar-refractivity contribution in [2.75, 3.05) is 26.2 Å². The first-order valence-corrected chi connectivity index (χ1v) is 8.47. The van der Waals surface area contributed by atoms with Crippen LogP contribution in [0.1, 0.15) is 35.6 Å². The molecule has 1 fully saturated rings. The van der Waals surface area contributed by atoms with Crippen molar-refractivity contribution in [1.29, 1.82) is 0 Å². The second kappa shape index (κ2) is 7.97. The number of carbonyl (C=O) groups is 1. The van der Waals surface area contributed by atoms with Gasteiger partial charge >= 0.3 is 0 Å². The van der Waals surface area contributed by atoms with Crippen LogP contribution in [0, 0.1) is 0 Å². The van der Waals surface area contributed by atoms with Crippen LogP contribution in [0.5, 0.6) is 0 Å². The normalized spacial score (nSPS) is 15.3. The number of furan rings is 1. The fourth-order valence-electron chi connectivity index (χ4n) is 2.94. The molecule has 1 aliphatic rings. The van der Waals surface area contributed by atoms with Gasteiger partial charge < -0.3 is 19.2 Å². The molecule has 3 heterocycles. The lowest BCUT2D eigenvalue weighted by Gasteiger charge is -2.26. The Morgan fingerprint density at radius 3 is 2.75 bits per heavy atom. The smallest absolute Gasteiger partial charge is 0.287 e. The Balaban J connectivity index is 1.50. The lowest BCUT2D eigenvalue weighted by atomic mass is 10.1. The van der Waals surface area contributed by atoms with Crippen molar-refractivity contribution in [3.8, 4) is 0 Å². The number of likely N-dealkylation sites (tertiary alicyclic amines) is 1. The Kier molecular flexibility index (Phi) is 5.48. The van der Waals surface area contributed by atoms with Gasteiger partial charge in [0, 0.05) is 25.4 Å². The Morgan fingerprint density at radius 1 is 1.12 bits per heavy atom. The number of aromatic nitrogens is 1. The van der Waals surface area contributed by atoms with Crippen LogP contribution in [0.2, 0.25) is 0 Å². The number of hydrogen-bond acceptors (Lipinski definition) is 4. The highest BCUT2D eigenvalue weighted by Gasteiger charge is 2.13. The van der Waals surface area contributed by atoms with Gasteiger partial charge in [-0.15, -0.1) is 0 Å². The minimum Gasteiger partial charge on any atom is -0.454 e. The van der Waals surface area contributed by atoms with E-state index in [1.54, 1.807) is 30.5 Å². The van der Waals surface area contributed by atoms with Crippen molar-refractivity contribution >= 4 is 5.91 Å². The topological polar surface area (TPSA) is 67.5 Å². The molecule has 0 unspecified atom stereocenters. The molecule has 1 amide bonds. The number of rotatable bonds is 6. The molecular formula is C18H23N3O3. The molecule has 0 saturated carbocycles. The standard InChI is InChI=1S/C18H23N3O3/c22-17-6-2-5-12-21(17)14-15-7-8-16(24-15)18(23)19-9-13-20-10-3-1-4-11-20/h2,5-8,12H,1,3-4,9-11,13-14H2,(H,19,23). The molecule has 1 aliphatic heterocycles. The van der Waals surface area contributed by atoms with Gasteiger partial charge in [0.1, 0.15) is 5.76 Å². The average Bonchev–Trinajstić information content (AvgIpc) is 3.07. The minimum absolute atomic E-state index is 0.0959. The quantitative estimate of drug-likeness (QED) is 0.876. The van der Waals surface area contributed by atoms with Gasteiger partial charge in [-0.1, -0.05) is 12.5 Å². The van der Waals surface area contributed by atoms with Crippen LogP contribution in [-0.2, 0) is 6.54 Å². The van der Waals surface area contributed by atoms with E-state index in [-0.39, 0.29) is 17.2 Å². The maximum absolute atomic E-state index is 12.1. The summed E-state index contributed by atoms with van der Waals surface area (Å²) in [4.78, 5) is 26.2. The summed E-state index contributed by atoms with van der Waals surface area (Å²) < 4.78 is 7.10. The van der Waals surface area contributed by atoms with E-state index in [1.807, 2.05) is 0 Å². The molecule has 24 heavy (non-hydrogen) atoms. The van der Waals surface area contributed by atoms with Gasteiger partial charge in [-0.2, -0.15) is 0 Å². The maximum atomic E-state index is 12.1. The molecule has 0 radical (unpaired) electrons. The molecule has 1 N–H and O–H groups in total. The van der Waals surface area contributed by atoms with Crippen molar-refractivity contribution in [2.45, 2.75) is 25.8 Å². The summed E-state index contributed by atoms with van der Waals surface area (Å²) in [6, 6.07) is 8.37. The molecule has 128 valence electrons. The van der Waals surface area contributed by atoms with Gasteiger partial charge in [0.2, 0.25) is 0 Å². The molecule has 0 aromatic carbocycles. The predicted molar refractivity (Wildman–Crippen MR) is 91.1 cm³/mol. The monoisotopic (exact) mass is 329 g/mol. The van der Waals surface area contributed by atoms with Crippen LogP contribution in [-0.4, -0.2) is 41.6 Å². The molecule has 2 aromatic rings. The van der Waals surface area contributed by atoms with Crippen LogP contribution in [0.4, 0.5) is 0 Å². The summed E-state index contributed by atoms with van der Waals surface area (Å²) >= 11 is 0. The van der Waals surface area contributed by atoms with Crippen molar-refractivity contribution in [3.05, 3.63) is 58.4 Å². The first-order chi connectivity index (χ1) is 11.7. The van der Waals surface area contributed by atoms with Gasteiger partial charge in [-0.25, -0.2) is 0 Å². The summed E-state index contributed by atoms with van der Waals surface area (Å²) in [5.41, 5.74) is -0.0959. The summed E-state index contributed by atoms with van der Waals surface area (Å²) in [6.07, 6.45) is 5.49. The Labute approximate surface area is 141 Å². The van der Waals surface area contributed by atoms with E-state index < -0.39 is 0 Å². The maximum Gasteiger partial charge on any atom is 0.287 e. The fourth-order valence-corrected chi connectivity index (χ4v) is 2.94. The summed E-state index contributed by atoms with van der Waals surface area (Å²) in [7, 11) is 0. The number of amides is 1. The fraction of sp³-hybridized carbons (Fsp3) is 0.444. The number of hydrogen-bond donors (Lipinski definition) is 1. The first-order valence-electron chi connectivity index (χ1n) is 8.47. The number of nitrogens with one attached hydrogen (secondary N) is 1. The Bertz CT molecular complexity index is 729. The highest BCUT2D eigenvalue weighted by Crippen LogP contribution is 2.10. The largest absolute Gasteiger partial charge is 0.454 e. The summed E-state index contributed by atoms with van der Waals surface area (Å²) in [6.45, 7) is 4.05. The van der Waals surface area contributed by atoms with Gasteiger partial charge in [-0.3, -0.25) is 9.59 Å². The third-order valence-electron chi connectivity index (χ3n) is 4.27. The van der Waals surface area contributed by atoms with Crippen LogP contribution in [0.15, 0.2) is 45.7 Å². The zero-order valence-electron chi connectivity index (χ0n) is 13.7. The second-order valence-corrected chi connectivity index (χ2v) is 6.09. The summed E-state index contributed by atoms with van der Waals surface area (Å²) in [5.74, 6) is 0.663. The van der Waals surface area contributed by atoms with E-state index >= 15 is 0 Å². The lowest BCUT2D eigenvalue weighted by Crippen LogP contribution is -2.37. The molecule has 6 nitrogen and oxygen atoms in total. The van der Waals surface area contributed by atoms with E-state index in [0.717, 1.165) is 19.6 Å². The number of carbonyl (C=O) groups excluding carboxylic acids is 1. The first kappa shape index (κ1) is 16.5.